The molecule has 6 aromatic carbocycles. The highest BCUT2D eigenvalue weighted by atomic mass is 15.0. The largest absolute Gasteiger partial charge is 0.309 e. The summed E-state index contributed by atoms with van der Waals surface area (Å²) in [6.07, 6.45) is 0. The van der Waals surface area contributed by atoms with E-state index >= 15 is 0 Å². The molecule has 0 saturated carbocycles. The van der Waals surface area contributed by atoms with Gasteiger partial charge in [0.1, 0.15) is 12.1 Å². The molecule has 0 aliphatic rings. The molecule has 8 rings (SSSR count). The summed E-state index contributed by atoms with van der Waals surface area (Å²) in [5.41, 5.74) is 7.87. The van der Waals surface area contributed by atoms with E-state index < -0.39 is 0 Å². The van der Waals surface area contributed by atoms with Crippen LogP contribution in [0.1, 0.15) is 16.7 Å². The molecule has 2 aromatic heterocycles. The van der Waals surface area contributed by atoms with E-state index in [-0.39, 0.29) is 0 Å². The first kappa shape index (κ1) is 25.1. The van der Waals surface area contributed by atoms with Gasteiger partial charge in [0.05, 0.1) is 56.2 Å². The van der Waals surface area contributed by atoms with Gasteiger partial charge in [-0.1, -0.05) is 78.9 Å². The second kappa shape index (κ2) is 9.74. The van der Waals surface area contributed by atoms with Crippen LogP contribution in [0.25, 0.3) is 66.1 Å². The molecule has 8 aromatic rings. The van der Waals surface area contributed by atoms with Crippen molar-refractivity contribution in [1.82, 2.24) is 9.13 Å². The molecule has 0 amide bonds. The Balaban J connectivity index is 1.51. The van der Waals surface area contributed by atoms with Crippen molar-refractivity contribution in [3.63, 3.8) is 0 Å². The third-order valence-electron chi connectivity index (χ3n) is 8.45. The molecule has 0 saturated heterocycles. The van der Waals surface area contributed by atoms with Gasteiger partial charge in [-0.05, 0) is 48.5 Å². The molecule has 5 nitrogen and oxygen atoms in total. The molecule has 202 valence electrons. The summed E-state index contributed by atoms with van der Waals surface area (Å²) in [6, 6.07) is 48.9. The van der Waals surface area contributed by atoms with E-state index in [1.807, 2.05) is 89.5 Å². The molecule has 0 bridgehead atoms. The Morgan fingerprint density at radius 3 is 1.41 bits per heavy atom. The molecule has 0 atom stereocenters. The second-order valence-electron chi connectivity index (χ2n) is 10.7. The van der Waals surface area contributed by atoms with Gasteiger partial charge < -0.3 is 9.13 Å². The molecule has 0 aliphatic carbocycles. The van der Waals surface area contributed by atoms with Crippen LogP contribution in [-0.4, -0.2) is 9.13 Å². The van der Waals surface area contributed by atoms with E-state index in [9.17, 15) is 15.8 Å². The Kier molecular flexibility index (Phi) is 5.56. The molecular formula is C39H21N5. The predicted molar refractivity (Wildman–Crippen MR) is 175 cm³/mol. The first-order chi connectivity index (χ1) is 21.7. The standard InChI is InChI=1S/C39H21N5/c40-22-25-17-20-38(43-34-13-5-1-9-28(34)29-10-2-6-14-35(29)43)32(21-25)27-19-18-26(23-41)39(33(27)24-42)44-36-15-7-3-11-30(36)31-12-4-8-16-37(31)44/h1-21H. The van der Waals surface area contributed by atoms with Gasteiger partial charge in [-0.3, -0.25) is 0 Å². The quantitative estimate of drug-likeness (QED) is 0.216. The van der Waals surface area contributed by atoms with E-state index in [1.54, 1.807) is 6.07 Å². The van der Waals surface area contributed by atoms with Crippen molar-refractivity contribution in [2.75, 3.05) is 0 Å². The summed E-state index contributed by atoms with van der Waals surface area (Å²) >= 11 is 0. The highest BCUT2D eigenvalue weighted by molar-refractivity contribution is 6.11. The lowest BCUT2D eigenvalue weighted by Crippen LogP contribution is -2.05. The molecule has 2 heterocycles. The maximum Gasteiger partial charge on any atom is 0.102 e. The van der Waals surface area contributed by atoms with Crippen molar-refractivity contribution < 1.29 is 0 Å². The summed E-state index contributed by atoms with van der Waals surface area (Å²) in [7, 11) is 0. The number of fused-ring (bicyclic) bond motifs is 6. The lowest BCUT2D eigenvalue weighted by molar-refractivity contribution is 1.15. The number of para-hydroxylation sites is 4. The van der Waals surface area contributed by atoms with Crippen molar-refractivity contribution in [3.05, 3.63) is 144 Å². The molecule has 0 fully saturated rings. The molecule has 5 heteroatoms. The average Bonchev–Trinajstić information content (AvgIpc) is 3.60. The highest BCUT2D eigenvalue weighted by Crippen LogP contribution is 2.41. The third-order valence-corrected chi connectivity index (χ3v) is 8.45. The fraction of sp³-hybridized carbons (Fsp3) is 0. The lowest BCUT2D eigenvalue weighted by atomic mass is 9.93. The molecule has 0 radical (unpaired) electrons. The Bertz CT molecular complexity index is 2490. The van der Waals surface area contributed by atoms with Gasteiger partial charge in [0, 0.05) is 32.7 Å². The first-order valence-corrected chi connectivity index (χ1v) is 14.2. The number of hydrogen-bond donors (Lipinski definition) is 0. The van der Waals surface area contributed by atoms with Crippen molar-refractivity contribution in [3.8, 4) is 40.7 Å². The molecule has 44 heavy (non-hydrogen) atoms. The highest BCUT2D eigenvalue weighted by Gasteiger charge is 2.23. The Hall–Kier alpha value is -6.61. The summed E-state index contributed by atoms with van der Waals surface area (Å²) in [5, 5.41) is 35.5. The normalized spacial score (nSPS) is 11.1. The van der Waals surface area contributed by atoms with Crippen LogP contribution in [0.3, 0.4) is 0 Å². The summed E-state index contributed by atoms with van der Waals surface area (Å²) in [4.78, 5) is 0. The number of rotatable bonds is 3. The molecule has 0 N–H and O–H groups in total. The third kappa shape index (κ3) is 3.50. The smallest absolute Gasteiger partial charge is 0.102 e. The minimum Gasteiger partial charge on any atom is -0.309 e. The van der Waals surface area contributed by atoms with Crippen LogP contribution in [0.2, 0.25) is 0 Å². The number of nitriles is 3. The van der Waals surface area contributed by atoms with Crippen molar-refractivity contribution in [1.29, 1.82) is 15.8 Å². The molecule has 0 spiro atoms. The SMILES string of the molecule is N#Cc1ccc(-n2c3ccccc3c3ccccc32)c(-c2ccc(C#N)c(-n3c4ccccc4c4ccccc43)c2C#N)c1. The van der Waals surface area contributed by atoms with Crippen LogP contribution in [0, 0.1) is 34.0 Å². The minimum atomic E-state index is 0.368. The summed E-state index contributed by atoms with van der Waals surface area (Å²) < 4.78 is 4.22. The van der Waals surface area contributed by atoms with Crippen LogP contribution in [-0.2, 0) is 0 Å². The predicted octanol–water partition coefficient (Wildman–Crippen LogP) is 9.16. The van der Waals surface area contributed by atoms with Gasteiger partial charge in [-0.2, -0.15) is 15.8 Å². The number of aromatic nitrogens is 2. The monoisotopic (exact) mass is 559 g/mol. The molecular weight excluding hydrogens is 538 g/mol. The van der Waals surface area contributed by atoms with Gasteiger partial charge in [0.25, 0.3) is 0 Å². The van der Waals surface area contributed by atoms with Gasteiger partial charge in [0.15, 0.2) is 0 Å². The zero-order chi connectivity index (χ0) is 29.8. The van der Waals surface area contributed by atoms with Crippen molar-refractivity contribution >= 4 is 43.6 Å². The number of hydrogen-bond acceptors (Lipinski definition) is 3. The molecule has 0 unspecified atom stereocenters. The van der Waals surface area contributed by atoms with E-state index in [2.05, 4.69) is 59.2 Å². The van der Waals surface area contributed by atoms with Crippen LogP contribution in [0.5, 0.6) is 0 Å². The summed E-state index contributed by atoms with van der Waals surface area (Å²) in [6.45, 7) is 0. The first-order valence-electron chi connectivity index (χ1n) is 14.2. The van der Waals surface area contributed by atoms with E-state index in [1.165, 1.54) is 0 Å². The van der Waals surface area contributed by atoms with Gasteiger partial charge in [-0.25, -0.2) is 0 Å². The zero-order valence-corrected chi connectivity index (χ0v) is 23.4. The average molecular weight is 560 g/mol. The van der Waals surface area contributed by atoms with E-state index in [0.717, 1.165) is 54.9 Å². The van der Waals surface area contributed by atoms with Crippen molar-refractivity contribution in [2.45, 2.75) is 0 Å². The van der Waals surface area contributed by atoms with Gasteiger partial charge in [0.2, 0.25) is 0 Å². The van der Waals surface area contributed by atoms with Gasteiger partial charge in [-0.15, -0.1) is 0 Å². The number of nitrogens with zero attached hydrogens (tertiary/aromatic N) is 5. The van der Waals surface area contributed by atoms with Crippen LogP contribution in [0.15, 0.2) is 127 Å². The maximum absolute atomic E-state index is 10.9. The van der Waals surface area contributed by atoms with Gasteiger partial charge >= 0.3 is 0 Å². The maximum atomic E-state index is 10.9. The lowest BCUT2D eigenvalue weighted by Gasteiger charge is -2.19. The van der Waals surface area contributed by atoms with Crippen molar-refractivity contribution in [2.24, 2.45) is 0 Å². The topological polar surface area (TPSA) is 81.2 Å². The second-order valence-corrected chi connectivity index (χ2v) is 10.7. The van der Waals surface area contributed by atoms with Crippen LogP contribution >= 0.6 is 0 Å². The fourth-order valence-corrected chi connectivity index (χ4v) is 6.61. The Morgan fingerprint density at radius 2 is 0.932 bits per heavy atom. The van der Waals surface area contributed by atoms with E-state index in [4.69, 9.17) is 0 Å². The van der Waals surface area contributed by atoms with Crippen LogP contribution in [0.4, 0.5) is 0 Å². The number of benzene rings is 6. The zero-order valence-electron chi connectivity index (χ0n) is 23.4. The van der Waals surface area contributed by atoms with Crippen LogP contribution < -0.4 is 0 Å². The Morgan fingerprint density at radius 1 is 0.432 bits per heavy atom. The minimum absolute atomic E-state index is 0.368. The molecule has 0 aliphatic heterocycles. The summed E-state index contributed by atoms with van der Waals surface area (Å²) in [5.74, 6) is 0. The fourth-order valence-electron chi connectivity index (χ4n) is 6.61. The van der Waals surface area contributed by atoms with E-state index in [0.29, 0.717) is 27.9 Å². The Labute approximate surface area is 252 Å².